The van der Waals surface area contributed by atoms with Crippen LogP contribution in [0, 0.1) is 5.82 Å². The van der Waals surface area contributed by atoms with Crippen LogP contribution in [-0.2, 0) is 16.4 Å². The van der Waals surface area contributed by atoms with Gasteiger partial charge in [-0.05, 0) is 35.6 Å². The molecule has 4 rings (SSSR count). The van der Waals surface area contributed by atoms with Crippen LogP contribution in [0.1, 0.15) is 15.2 Å². The lowest BCUT2D eigenvalue weighted by molar-refractivity contribution is 0.0955. The molecule has 1 aliphatic heterocycles. The van der Waals surface area contributed by atoms with E-state index in [0.29, 0.717) is 31.7 Å². The maximum atomic E-state index is 14.1. The molecule has 1 N–H and O–H groups in total. The number of benzene rings is 2. The van der Waals surface area contributed by atoms with Gasteiger partial charge in [-0.15, -0.1) is 11.3 Å². The van der Waals surface area contributed by atoms with Crippen molar-refractivity contribution < 1.29 is 17.6 Å². The summed E-state index contributed by atoms with van der Waals surface area (Å²) in [4.78, 5) is 14.7. The van der Waals surface area contributed by atoms with E-state index < -0.39 is 10.0 Å². The number of sulfonamides is 1. The zero-order valence-corrected chi connectivity index (χ0v) is 19.0. The fourth-order valence-electron chi connectivity index (χ4n) is 3.73. The van der Waals surface area contributed by atoms with Gasteiger partial charge in [0.25, 0.3) is 5.91 Å². The first-order valence-electron chi connectivity index (χ1n) is 10.4. The van der Waals surface area contributed by atoms with Crippen molar-refractivity contribution in [3.05, 3.63) is 82.3 Å². The highest BCUT2D eigenvalue weighted by molar-refractivity contribution is 7.89. The number of carbonyl (C=O) groups is 1. The van der Waals surface area contributed by atoms with Crippen molar-refractivity contribution in [1.82, 2.24) is 9.62 Å². The number of nitrogens with one attached hydrogen (secondary N) is 1. The predicted octanol–water partition coefficient (Wildman–Crippen LogP) is 3.37. The summed E-state index contributed by atoms with van der Waals surface area (Å²) in [5.74, 6) is -0.712. The van der Waals surface area contributed by atoms with Gasteiger partial charge in [0.2, 0.25) is 10.0 Å². The SMILES string of the molecule is O=C(NCCc1ccccc1)c1sccc1S(=O)(=O)N1CCN(c2ccccc2F)CC1. The lowest BCUT2D eigenvalue weighted by Crippen LogP contribution is -2.49. The lowest BCUT2D eigenvalue weighted by atomic mass is 10.1. The monoisotopic (exact) mass is 473 g/mol. The van der Waals surface area contributed by atoms with Gasteiger partial charge in [-0.25, -0.2) is 12.8 Å². The maximum Gasteiger partial charge on any atom is 0.262 e. The Hall–Kier alpha value is -2.75. The molecule has 0 aliphatic carbocycles. The maximum absolute atomic E-state index is 14.1. The Labute approximate surface area is 191 Å². The van der Waals surface area contributed by atoms with Crippen LogP contribution < -0.4 is 10.2 Å². The number of amides is 1. The van der Waals surface area contributed by atoms with E-state index in [1.54, 1.807) is 23.6 Å². The molecule has 0 radical (unpaired) electrons. The van der Waals surface area contributed by atoms with Gasteiger partial charge in [-0.1, -0.05) is 42.5 Å². The number of para-hydroxylation sites is 1. The van der Waals surface area contributed by atoms with E-state index in [4.69, 9.17) is 0 Å². The molecule has 1 aromatic heterocycles. The van der Waals surface area contributed by atoms with Crippen molar-refractivity contribution >= 4 is 33.0 Å². The van der Waals surface area contributed by atoms with Crippen LogP contribution in [0.2, 0.25) is 0 Å². The van der Waals surface area contributed by atoms with Gasteiger partial charge in [0.05, 0.1) is 5.69 Å². The fraction of sp³-hybridized carbons (Fsp3) is 0.261. The molecule has 6 nitrogen and oxygen atoms in total. The molecule has 0 spiro atoms. The van der Waals surface area contributed by atoms with Gasteiger partial charge in [0.1, 0.15) is 15.6 Å². The topological polar surface area (TPSA) is 69.7 Å². The van der Waals surface area contributed by atoms with Crippen LogP contribution in [0.3, 0.4) is 0 Å². The summed E-state index contributed by atoms with van der Waals surface area (Å²) in [6, 6.07) is 17.7. The zero-order chi connectivity index (χ0) is 22.6. The number of anilines is 1. The minimum atomic E-state index is -3.82. The molecule has 2 heterocycles. The average Bonchev–Trinajstić information content (AvgIpc) is 3.31. The fourth-order valence-corrected chi connectivity index (χ4v) is 6.47. The van der Waals surface area contributed by atoms with E-state index in [2.05, 4.69) is 5.32 Å². The van der Waals surface area contributed by atoms with Gasteiger partial charge >= 0.3 is 0 Å². The molecule has 0 bridgehead atoms. The van der Waals surface area contributed by atoms with E-state index >= 15 is 0 Å². The molecule has 1 aliphatic rings. The summed E-state index contributed by atoms with van der Waals surface area (Å²) in [6.45, 7) is 1.62. The highest BCUT2D eigenvalue weighted by Gasteiger charge is 2.33. The molecular formula is C23H24FN3O3S2. The minimum Gasteiger partial charge on any atom is -0.367 e. The number of hydrogen-bond acceptors (Lipinski definition) is 5. The number of piperazine rings is 1. The van der Waals surface area contributed by atoms with Crippen molar-refractivity contribution in [3.8, 4) is 0 Å². The van der Waals surface area contributed by atoms with Crippen LogP contribution in [0.5, 0.6) is 0 Å². The molecule has 168 valence electrons. The van der Waals surface area contributed by atoms with E-state index in [-0.39, 0.29) is 34.6 Å². The highest BCUT2D eigenvalue weighted by atomic mass is 32.2. The number of halogens is 1. The first-order valence-corrected chi connectivity index (χ1v) is 12.7. The highest BCUT2D eigenvalue weighted by Crippen LogP contribution is 2.27. The molecule has 1 amide bonds. The molecule has 1 saturated heterocycles. The minimum absolute atomic E-state index is 0.0269. The Bertz CT molecular complexity index is 1170. The predicted molar refractivity (Wildman–Crippen MR) is 124 cm³/mol. The van der Waals surface area contributed by atoms with Gasteiger partial charge in [0, 0.05) is 32.7 Å². The Morgan fingerprint density at radius 3 is 2.38 bits per heavy atom. The molecule has 1 fully saturated rings. The molecule has 0 atom stereocenters. The van der Waals surface area contributed by atoms with Crippen molar-refractivity contribution in [2.24, 2.45) is 0 Å². The molecule has 2 aromatic carbocycles. The largest absolute Gasteiger partial charge is 0.367 e. The second-order valence-corrected chi connectivity index (χ2v) is 10.3. The summed E-state index contributed by atoms with van der Waals surface area (Å²) in [7, 11) is -3.82. The first-order chi connectivity index (χ1) is 15.5. The third kappa shape index (κ3) is 4.85. The molecule has 9 heteroatoms. The molecule has 0 saturated carbocycles. The van der Waals surface area contributed by atoms with Gasteiger partial charge in [-0.2, -0.15) is 4.31 Å². The Kier molecular flexibility index (Phi) is 6.88. The molecule has 0 unspecified atom stereocenters. The summed E-state index contributed by atoms with van der Waals surface area (Å²) >= 11 is 1.12. The molecule has 32 heavy (non-hydrogen) atoms. The van der Waals surface area contributed by atoms with Crippen molar-refractivity contribution in [2.45, 2.75) is 11.3 Å². The lowest BCUT2D eigenvalue weighted by Gasteiger charge is -2.35. The third-order valence-corrected chi connectivity index (χ3v) is 8.41. The number of hydrogen-bond donors (Lipinski definition) is 1. The Balaban J connectivity index is 1.40. The van der Waals surface area contributed by atoms with E-state index in [1.165, 1.54) is 16.4 Å². The quantitative estimate of drug-likeness (QED) is 0.571. The normalized spacial score (nSPS) is 15.0. The van der Waals surface area contributed by atoms with E-state index in [1.807, 2.05) is 35.2 Å². The number of rotatable bonds is 7. The summed E-state index contributed by atoms with van der Waals surface area (Å²) in [5, 5.41) is 4.44. The van der Waals surface area contributed by atoms with E-state index in [9.17, 15) is 17.6 Å². The third-order valence-electron chi connectivity index (χ3n) is 5.43. The van der Waals surface area contributed by atoms with Gasteiger partial charge in [0.15, 0.2) is 0 Å². The van der Waals surface area contributed by atoms with Crippen LogP contribution in [0.15, 0.2) is 70.9 Å². The number of nitrogens with zero attached hydrogens (tertiary/aromatic N) is 2. The van der Waals surface area contributed by atoms with Crippen molar-refractivity contribution in [3.63, 3.8) is 0 Å². The molecular weight excluding hydrogens is 449 g/mol. The smallest absolute Gasteiger partial charge is 0.262 e. The second-order valence-electron chi connectivity index (χ2n) is 7.45. The zero-order valence-electron chi connectivity index (χ0n) is 17.4. The van der Waals surface area contributed by atoms with Crippen LogP contribution in [0.4, 0.5) is 10.1 Å². The summed E-state index contributed by atoms with van der Waals surface area (Å²) in [5.41, 5.74) is 1.57. The number of thiophene rings is 1. The average molecular weight is 474 g/mol. The van der Waals surface area contributed by atoms with Crippen molar-refractivity contribution in [2.75, 3.05) is 37.6 Å². The Morgan fingerprint density at radius 2 is 1.66 bits per heavy atom. The van der Waals surface area contributed by atoms with Crippen LogP contribution >= 0.6 is 11.3 Å². The number of carbonyl (C=O) groups excluding carboxylic acids is 1. The van der Waals surface area contributed by atoms with Crippen molar-refractivity contribution in [1.29, 1.82) is 0 Å². The van der Waals surface area contributed by atoms with Crippen LogP contribution in [0.25, 0.3) is 0 Å². The van der Waals surface area contributed by atoms with Gasteiger partial charge < -0.3 is 10.2 Å². The van der Waals surface area contributed by atoms with Crippen LogP contribution in [-0.4, -0.2) is 51.4 Å². The summed E-state index contributed by atoms with van der Waals surface area (Å²) in [6.07, 6.45) is 0.665. The van der Waals surface area contributed by atoms with E-state index in [0.717, 1.165) is 16.9 Å². The standard InChI is InChI=1S/C23H24FN3O3S2/c24-19-8-4-5-9-20(19)26-13-15-27(16-14-26)32(29,30)21-11-17-31-22(21)23(28)25-12-10-18-6-2-1-3-7-18/h1-9,11,17H,10,12-16H2,(H,25,28). The van der Waals surface area contributed by atoms with Gasteiger partial charge in [-0.3, -0.25) is 4.79 Å². The molecule has 3 aromatic rings. The first kappa shape index (κ1) is 22.4. The Morgan fingerprint density at radius 1 is 0.969 bits per heavy atom. The second kappa shape index (κ2) is 9.81. The summed E-state index contributed by atoms with van der Waals surface area (Å²) < 4.78 is 41.9.